The number of hydrogen-bond donors (Lipinski definition) is 0. The first-order valence-electron chi connectivity index (χ1n) is 12.4. The molecular weight excluding hydrogens is 506 g/mol. The van der Waals surface area contributed by atoms with Crippen LogP contribution in [0, 0.1) is 17.7 Å². The van der Waals surface area contributed by atoms with Crippen LogP contribution in [-0.2, 0) is 26.9 Å². The Morgan fingerprint density at radius 2 is 1.74 bits per heavy atom. The number of esters is 1. The van der Waals surface area contributed by atoms with Crippen LogP contribution in [0.3, 0.4) is 0 Å². The summed E-state index contributed by atoms with van der Waals surface area (Å²) in [4.78, 5) is 38.3. The number of amides is 1. The number of carbonyl (C=O) groups excluding carboxylic acids is 3. The van der Waals surface area contributed by atoms with Crippen molar-refractivity contribution in [1.29, 1.82) is 0 Å². The van der Waals surface area contributed by atoms with Crippen molar-refractivity contribution in [3.63, 3.8) is 0 Å². The van der Waals surface area contributed by atoms with E-state index in [1.165, 1.54) is 11.0 Å². The summed E-state index contributed by atoms with van der Waals surface area (Å²) in [5, 5.41) is 0. The van der Waals surface area contributed by atoms with E-state index in [4.69, 9.17) is 9.47 Å². The summed E-state index contributed by atoms with van der Waals surface area (Å²) in [7, 11) is 1.10. The smallest absolute Gasteiger partial charge is 0.419 e. The quantitative estimate of drug-likeness (QED) is 0.212. The van der Waals surface area contributed by atoms with Gasteiger partial charge in [-0.15, -0.1) is 0 Å². The highest BCUT2D eigenvalue weighted by atomic mass is 19.4. The fourth-order valence-electron chi connectivity index (χ4n) is 4.68. The zero-order valence-corrected chi connectivity index (χ0v) is 21.7. The summed E-state index contributed by atoms with van der Waals surface area (Å²) in [5.41, 5.74) is -1.36. The molecule has 1 amide bonds. The van der Waals surface area contributed by atoms with Gasteiger partial charge < -0.3 is 19.2 Å². The Kier molecular flexibility index (Phi) is 9.17. The second-order valence-electron chi connectivity index (χ2n) is 9.85. The SMILES string of the molecule is COC(=O)c1cc(Oc2ccc(CC=O)cc2C(F)(F)F)c(F)cc1N(C(=O)[C@H]1CC[C@H](C)CC1)C(C)C. The largest absolute Gasteiger partial charge is 0.465 e. The van der Waals surface area contributed by atoms with Gasteiger partial charge in [-0.05, 0) is 63.1 Å². The van der Waals surface area contributed by atoms with E-state index in [1.807, 2.05) is 0 Å². The minimum Gasteiger partial charge on any atom is -0.465 e. The van der Waals surface area contributed by atoms with Gasteiger partial charge in [0.05, 0.1) is 23.9 Å². The third-order valence-electron chi connectivity index (χ3n) is 6.72. The van der Waals surface area contributed by atoms with Crippen LogP contribution in [0.5, 0.6) is 11.5 Å². The maximum atomic E-state index is 15.3. The zero-order chi connectivity index (χ0) is 28.2. The van der Waals surface area contributed by atoms with Crippen molar-refractivity contribution >= 4 is 23.9 Å². The Labute approximate surface area is 218 Å². The number of hydrogen-bond acceptors (Lipinski definition) is 5. The molecule has 1 aliphatic carbocycles. The van der Waals surface area contributed by atoms with Gasteiger partial charge in [-0.2, -0.15) is 13.2 Å². The number of ether oxygens (including phenoxy) is 2. The van der Waals surface area contributed by atoms with Crippen LogP contribution < -0.4 is 9.64 Å². The standard InChI is InChI=1S/C28H31F4NO5/c1-16(2)33(26(35)19-8-5-17(3)6-9-19)23-15-22(29)25(14-20(23)27(36)37-4)38-24-10-7-18(11-12-34)13-21(24)28(30,31)32/h7,10,12-17,19H,5-6,8-9,11H2,1-4H3/t17-,19-. The highest BCUT2D eigenvalue weighted by Gasteiger charge is 2.36. The molecule has 0 aliphatic heterocycles. The number of carbonyl (C=O) groups is 3. The number of rotatable bonds is 8. The first-order valence-corrected chi connectivity index (χ1v) is 12.4. The zero-order valence-electron chi connectivity index (χ0n) is 21.7. The molecule has 1 saturated carbocycles. The van der Waals surface area contributed by atoms with E-state index in [0.29, 0.717) is 25.0 Å². The van der Waals surface area contributed by atoms with Gasteiger partial charge in [0.25, 0.3) is 0 Å². The van der Waals surface area contributed by atoms with Crippen LogP contribution in [0.15, 0.2) is 30.3 Å². The molecule has 0 bridgehead atoms. The number of alkyl halides is 3. The predicted octanol–water partition coefficient (Wildman–Crippen LogP) is 6.73. The van der Waals surface area contributed by atoms with Crippen LogP contribution in [0.25, 0.3) is 0 Å². The molecule has 206 valence electrons. The summed E-state index contributed by atoms with van der Waals surface area (Å²) < 4.78 is 66.6. The molecule has 0 unspecified atom stereocenters. The molecule has 0 spiro atoms. The van der Waals surface area contributed by atoms with E-state index in [0.717, 1.165) is 44.2 Å². The molecule has 1 aliphatic rings. The van der Waals surface area contributed by atoms with E-state index >= 15 is 4.39 Å². The van der Waals surface area contributed by atoms with Crippen molar-refractivity contribution in [1.82, 2.24) is 0 Å². The van der Waals surface area contributed by atoms with Crippen molar-refractivity contribution < 1.29 is 41.4 Å². The van der Waals surface area contributed by atoms with Crippen molar-refractivity contribution in [3.8, 4) is 11.5 Å². The Hall–Kier alpha value is -3.43. The average molecular weight is 538 g/mol. The first kappa shape index (κ1) is 29.1. The topological polar surface area (TPSA) is 72.9 Å². The van der Waals surface area contributed by atoms with Gasteiger partial charge >= 0.3 is 12.1 Å². The van der Waals surface area contributed by atoms with E-state index in [9.17, 15) is 27.6 Å². The lowest BCUT2D eigenvalue weighted by Gasteiger charge is -2.34. The van der Waals surface area contributed by atoms with Crippen molar-refractivity contribution in [2.75, 3.05) is 12.0 Å². The van der Waals surface area contributed by atoms with Crippen molar-refractivity contribution in [2.24, 2.45) is 11.8 Å². The molecule has 0 heterocycles. The summed E-state index contributed by atoms with van der Waals surface area (Å²) in [6, 6.07) is 4.41. The molecule has 10 heteroatoms. The van der Waals surface area contributed by atoms with Gasteiger partial charge in [-0.3, -0.25) is 4.79 Å². The Morgan fingerprint density at radius 3 is 2.29 bits per heavy atom. The van der Waals surface area contributed by atoms with Gasteiger partial charge in [0.2, 0.25) is 5.91 Å². The summed E-state index contributed by atoms with van der Waals surface area (Å²) >= 11 is 0. The molecule has 1 fully saturated rings. The first-order chi connectivity index (χ1) is 17.9. The molecule has 38 heavy (non-hydrogen) atoms. The average Bonchev–Trinajstić information content (AvgIpc) is 2.85. The number of nitrogens with zero attached hydrogens (tertiary/aromatic N) is 1. The van der Waals surface area contributed by atoms with Gasteiger partial charge in [0.1, 0.15) is 12.0 Å². The lowest BCUT2D eigenvalue weighted by Crippen LogP contribution is -2.43. The molecule has 0 N–H and O–H groups in total. The molecule has 0 atom stereocenters. The number of anilines is 1. The van der Waals surface area contributed by atoms with Crippen LogP contribution in [0.2, 0.25) is 0 Å². The molecule has 6 nitrogen and oxygen atoms in total. The van der Waals surface area contributed by atoms with Gasteiger partial charge in [-0.1, -0.05) is 13.0 Å². The minimum atomic E-state index is -4.85. The maximum Gasteiger partial charge on any atom is 0.419 e. The highest BCUT2D eigenvalue weighted by Crippen LogP contribution is 2.41. The van der Waals surface area contributed by atoms with Gasteiger partial charge in [-0.25, -0.2) is 9.18 Å². The monoisotopic (exact) mass is 537 g/mol. The lowest BCUT2D eigenvalue weighted by molar-refractivity contribution is -0.138. The summed E-state index contributed by atoms with van der Waals surface area (Å²) in [6.07, 6.45) is -1.54. The number of methoxy groups -OCH3 is 1. The van der Waals surface area contributed by atoms with E-state index in [2.05, 4.69) is 6.92 Å². The number of halogens is 4. The predicted molar refractivity (Wildman–Crippen MR) is 133 cm³/mol. The highest BCUT2D eigenvalue weighted by molar-refractivity contribution is 6.04. The third-order valence-corrected chi connectivity index (χ3v) is 6.72. The molecule has 2 aromatic carbocycles. The minimum absolute atomic E-state index is 0.0438. The Morgan fingerprint density at radius 1 is 1.08 bits per heavy atom. The summed E-state index contributed by atoms with van der Waals surface area (Å²) in [5.74, 6) is -3.37. The maximum absolute atomic E-state index is 15.3. The molecule has 2 aromatic rings. The second-order valence-corrected chi connectivity index (χ2v) is 9.85. The van der Waals surface area contributed by atoms with E-state index in [1.54, 1.807) is 13.8 Å². The second kappa shape index (κ2) is 12.0. The lowest BCUT2D eigenvalue weighted by atomic mass is 9.82. The number of benzene rings is 2. The third kappa shape index (κ3) is 6.52. The van der Waals surface area contributed by atoms with Gasteiger partial charge in [0.15, 0.2) is 11.6 Å². The normalized spacial score (nSPS) is 17.7. The fraction of sp³-hybridized carbons (Fsp3) is 0.464. The van der Waals surface area contributed by atoms with Crippen LogP contribution in [0.4, 0.5) is 23.2 Å². The molecule has 0 radical (unpaired) electrons. The Bertz CT molecular complexity index is 1190. The van der Waals surface area contributed by atoms with Gasteiger partial charge in [0, 0.05) is 30.5 Å². The summed E-state index contributed by atoms with van der Waals surface area (Å²) in [6.45, 7) is 5.57. The van der Waals surface area contributed by atoms with Crippen molar-refractivity contribution in [3.05, 3.63) is 52.8 Å². The molecule has 0 aromatic heterocycles. The van der Waals surface area contributed by atoms with E-state index < -0.39 is 41.1 Å². The molecule has 3 rings (SSSR count). The van der Waals surface area contributed by atoms with E-state index in [-0.39, 0.29) is 35.1 Å². The molecule has 0 saturated heterocycles. The Balaban J connectivity index is 2.07. The van der Waals surface area contributed by atoms with Crippen LogP contribution in [0.1, 0.15) is 67.9 Å². The number of aldehydes is 1. The molecular formula is C28H31F4NO5. The fourth-order valence-corrected chi connectivity index (χ4v) is 4.68. The van der Waals surface area contributed by atoms with Crippen molar-refractivity contribution in [2.45, 2.75) is 65.1 Å². The van der Waals surface area contributed by atoms with Crippen LogP contribution in [-0.4, -0.2) is 31.3 Å². The van der Waals surface area contributed by atoms with Crippen LogP contribution >= 0.6 is 0 Å².